The quantitative estimate of drug-likeness (QED) is 0.919. The van der Waals surface area contributed by atoms with Gasteiger partial charge < -0.3 is 9.67 Å². The van der Waals surface area contributed by atoms with Crippen molar-refractivity contribution in [1.82, 2.24) is 4.57 Å². The molecule has 2 rings (SSSR count). The molecule has 1 N–H and O–H groups in total. The minimum Gasteiger partial charge on any atom is -0.392 e. The maximum Gasteiger partial charge on any atom is 0.418 e. The standard InChI is InChI=1S/C14H13F3N2O/c1-8-5-11-12(19(8)7-9(2)20)4-3-10(6-18)13(11)14(15,16)17/h3-5,9,20H,7H2,1-2H3. The summed E-state index contributed by atoms with van der Waals surface area (Å²) in [5.74, 6) is 0. The summed E-state index contributed by atoms with van der Waals surface area (Å²) in [5.41, 5.74) is -0.319. The van der Waals surface area contributed by atoms with Crippen LogP contribution in [0.4, 0.5) is 13.2 Å². The highest BCUT2D eigenvalue weighted by atomic mass is 19.4. The van der Waals surface area contributed by atoms with E-state index in [1.807, 2.05) is 0 Å². The molecule has 0 aliphatic carbocycles. The number of aliphatic hydroxyl groups is 1. The first kappa shape index (κ1) is 14.4. The highest BCUT2D eigenvalue weighted by molar-refractivity contribution is 5.87. The van der Waals surface area contributed by atoms with Gasteiger partial charge in [0.15, 0.2) is 0 Å². The van der Waals surface area contributed by atoms with Crippen molar-refractivity contribution in [2.45, 2.75) is 32.7 Å². The molecule has 0 saturated heterocycles. The van der Waals surface area contributed by atoms with Crippen LogP contribution in [0.1, 0.15) is 23.7 Å². The van der Waals surface area contributed by atoms with Crippen molar-refractivity contribution in [2.24, 2.45) is 0 Å². The SMILES string of the molecule is Cc1cc2c(C(F)(F)F)c(C#N)ccc2n1CC(C)O. The number of benzene rings is 1. The first-order chi connectivity index (χ1) is 9.25. The van der Waals surface area contributed by atoms with Gasteiger partial charge in [-0.3, -0.25) is 0 Å². The zero-order valence-electron chi connectivity index (χ0n) is 11.0. The first-order valence-corrected chi connectivity index (χ1v) is 6.04. The number of fused-ring (bicyclic) bond motifs is 1. The van der Waals surface area contributed by atoms with Gasteiger partial charge in [-0.25, -0.2) is 0 Å². The van der Waals surface area contributed by atoms with Crippen LogP contribution in [-0.2, 0) is 12.7 Å². The molecule has 2 aromatic rings. The van der Waals surface area contributed by atoms with Gasteiger partial charge >= 0.3 is 6.18 Å². The number of nitrogens with zero attached hydrogens (tertiary/aromatic N) is 2. The van der Waals surface area contributed by atoms with Crippen LogP contribution < -0.4 is 0 Å². The predicted molar refractivity (Wildman–Crippen MR) is 68.1 cm³/mol. The topological polar surface area (TPSA) is 49.0 Å². The summed E-state index contributed by atoms with van der Waals surface area (Å²) in [5, 5.41) is 18.3. The fourth-order valence-electron chi connectivity index (χ4n) is 2.37. The lowest BCUT2D eigenvalue weighted by Crippen LogP contribution is -2.13. The molecule has 6 heteroatoms. The molecule has 3 nitrogen and oxygen atoms in total. The van der Waals surface area contributed by atoms with E-state index in [1.54, 1.807) is 24.5 Å². The highest BCUT2D eigenvalue weighted by Crippen LogP contribution is 2.38. The van der Waals surface area contributed by atoms with E-state index >= 15 is 0 Å². The number of alkyl halides is 3. The van der Waals surface area contributed by atoms with Crippen molar-refractivity contribution in [3.05, 3.63) is 35.0 Å². The van der Waals surface area contributed by atoms with Gasteiger partial charge in [0.25, 0.3) is 0 Å². The molecular formula is C14H13F3N2O. The zero-order chi connectivity index (χ0) is 15.1. The molecule has 0 aliphatic rings. The molecule has 1 aromatic carbocycles. The Morgan fingerprint density at radius 1 is 1.40 bits per heavy atom. The molecule has 1 unspecified atom stereocenters. The number of aryl methyl sites for hydroxylation is 1. The predicted octanol–water partition coefficient (Wildman–Crippen LogP) is 3.22. The van der Waals surface area contributed by atoms with E-state index in [4.69, 9.17) is 5.26 Å². The lowest BCUT2D eigenvalue weighted by atomic mass is 10.0. The third kappa shape index (κ3) is 2.37. The number of rotatable bonds is 2. The van der Waals surface area contributed by atoms with Gasteiger partial charge in [0, 0.05) is 23.1 Å². The second-order valence-electron chi connectivity index (χ2n) is 4.78. The molecule has 0 radical (unpaired) electrons. The zero-order valence-corrected chi connectivity index (χ0v) is 11.0. The fourth-order valence-corrected chi connectivity index (χ4v) is 2.37. The third-order valence-electron chi connectivity index (χ3n) is 3.14. The van der Waals surface area contributed by atoms with E-state index < -0.39 is 17.8 Å². The monoisotopic (exact) mass is 282 g/mol. The Labute approximate surface area is 113 Å². The van der Waals surface area contributed by atoms with Gasteiger partial charge in [-0.15, -0.1) is 0 Å². The summed E-state index contributed by atoms with van der Waals surface area (Å²) in [4.78, 5) is 0. The molecule has 1 aromatic heterocycles. The molecule has 0 aliphatic heterocycles. The van der Waals surface area contributed by atoms with Crippen LogP contribution in [0.25, 0.3) is 10.9 Å². The summed E-state index contributed by atoms with van der Waals surface area (Å²) >= 11 is 0. The summed E-state index contributed by atoms with van der Waals surface area (Å²) < 4.78 is 41.1. The lowest BCUT2D eigenvalue weighted by Gasteiger charge is -2.13. The van der Waals surface area contributed by atoms with E-state index in [-0.39, 0.29) is 17.5 Å². The van der Waals surface area contributed by atoms with Crippen LogP contribution in [-0.4, -0.2) is 15.8 Å². The molecule has 20 heavy (non-hydrogen) atoms. The highest BCUT2D eigenvalue weighted by Gasteiger charge is 2.36. The summed E-state index contributed by atoms with van der Waals surface area (Å²) in [6.45, 7) is 3.45. The summed E-state index contributed by atoms with van der Waals surface area (Å²) in [6, 6.07) is 5.64. The number of nitriles is 1. The minimum absolute atomic E-state index is 0.00491. The van der Waals surface area contributed by atoms with Gasteiger partial charge in [0.1, 0.15) is 0 Å². The molecule has 0 fully saturated rings. The van der Waals surface area contributed by atoms with Gasteiger partial charge in [-0.2, -0.15) is 18.4 Å². The number of aromatic nitrogens is 1. The Morgan fingerprint density at radius 2 is 2.05 bits per heavy atom. The first-order valence-electron chi connectivity index (χ1n) is 6.04. The second kappa shape index (κ2) is 4.84. The van der Waals surface area contributed by atoms with Crippen molar-refractivity contribution in [3.63, 3.8) is 0 Å². The number of aliphatic hydroxyl groups excluding tert-OH is 1. The number of hydrogen-bond acceptors (Lipinski definition) is 2. The van der Waals surface area contributed by atoms with Crippen LogP contribution in [0.15, 0.2) is 18.2 Å². The molecule has 0 bridgehead atoms. The second-order valence-corrected chi connectivity index (χ2v) is 4.78. The van der Waals surface area contributed by atoms with Crippen LogP contribution in [0.2, 0.25) is 0 Å². The fraction of sp³-hybridized carbons (Fsp3) is 0.357. The molecule has 1 atom stereocenters. The van der Waals surface area contributed by atoms with Crippen molar-refractivity contribution < 1.29 is 18.3 Å². The minimum atomic E-state index is -4.59. The van der Waals surface area contributed by atoms with Crippen LogP contribution in [0, 0.1) is 18.3 Å². The Hall–Kier alpha value is -2.00. The third-order valence-corrected chi connectivity index (χ3v) is 3.14. The summed E-state index contributed by atoms with van der Waals surface area (Å²) in [7, 11) is 0. The van der Waals surface area contributed by atoms with Crippen molar-refractivity contribution in [2.75, 3.05) is 0 Å². The van der Waals surface area contributed by atoms with E-state index in [0.29, 0.717) is 11.2 Å². The largest absolute Gasteiger partial charge is 0.418 e. The van der Waals surface area contributed by atoms with Gasteiger partial charge in [-0.1, -0.05) is 0 Å². The van der Waals surface area contributed by atoms with E-state index in [9.17, 15) is 18.3 Å². The van der Waals surface area contributed by atoms with Gasteiger partial charge in [0.2, 0.25) is 0 Å². The molecular weight excluding hydrogens is 269 g/mol. The normalized spacial score (nSPS) is 13.4. The number of halogens is 3. The van der Waals surface area contributed by atoms with Crippen LogP contribution in [0.5, 0.6) is 0 Å². The van der Waals surface area contributed by atoms with Crippen molar-refractivity contribution in [3.8, 4) is 6.07 Å². The average molecular weight is 282 g/mol. The lowest BCUT2D eigenvalue weighted by molar-refractivity contribution is -0.136. The van der Waals surface area contributed by atoms with Gasteiger partial charge in [-0.05, 0) is 32.0 Å². The number of hydrogen-bond donors (Lipinski definition) is 1. The molecule has 0 spiro atoms. The van der Waals surface area contributed by atoms with Crippen LogP contribution in [0.3, 0.4) is 0 Å². The summed E-state index contributed by atoms with van der Waals surface area (Å²) in [6.07, 6.45) is -5.26. The van der Waals surface area contributed by atoms with E-state index in [0.717, 1.165) is 0 Å². The van der Waals surface area contributed by atoms with Crippen LogP contribution >= 0.6 is 0 Å². The Bertz CT molecular complexity index is 693. The van der Waals surface area contributed by atoms with Gasteiger partial charge in [0.05, 0.1) is 23.3 Å². The van der Waals surface area contributed by atoms with Crippen molar-refractivity contribution >= 4 is 10.9 Å². The Kier molecular flexibility index (Phi) is 3.48. The van der Waals surface area contributed by atoms with E-state index in [1.165, 1.54) is 18.2 Å². The smallest absolute Gasteiger partial charge is 0.392 e. The Morgan fingerprint density at radius 3 is 2.55 bits per heavy atom. The molecule has 1 heterocycles. The molecule has 0 amide bonds. The maximum atomic E-state index is 13.2. The molecule has 0 saturated carbocycles. The average Bonchev–Trinajstić information content (AvgIpc) is 2.62. The molecule has 106 valence electrons. The van der Waals surface area contributed by atoms with Crippen molar-refractivity contribution in [1.29, 1.82) is 5.26 Å². The Balaban J connectivity index is 2.81. The van der Waals surface area contributed by atoms with E-state index in [2.05, 4.69) is 0 Å². The maximum absolute atomic E-state index is 13.2.